The molecule has 0 aliphatic heterocycles. The summed E-state index contributed by atoms with van der Waals surface area (Å²) in [6.07, 6.45) is 6.59. The number of benzene rings is 1. The van der Waals surface area contributed by atoms with Gasteiger partial charge in [-0.25, -0.2) is 9.97 Å². The number of ether oxygens (including phenoxy) is 1. The van der Waals surface area contributed by atoms with E-state index in [2.05, 4.69) is 22.1 Å². The molecule has 5 nitrogen and oxygen atoms in total. The molecule has 0 amide bonds. The van der Waals surface area contributed by atoms with Crippen molar-refractivity contribution in [3.05, 3.63) is 53.5 Å². The summed E-state index contributed by atoms with van der Waals surface area (Å²) in [5.74, 6) is 0.917. The van der Waals surface area contributed by atoms with Crippen LogP contribution in [0.5, 0.6) is 5.75 Å². The van der Waals surface area contributed by atoms with E-state index in [0.29, 0.717) is 16.7 Å². The summed E-state index contributed by atoms with van der Waals surface area (Å²) in [6.45, 7) is 5.77. The third kappa shape index (κ3) is 3.21. The molecule has 1 aliphatic carbocycles. The van der Waals surface area contributed by atoms with Crippen LogP contribution in [0.1, 0.15) is 61.6 Å². The topological polar surface area (TPSA) is 67.9 Å². The lowest BCUT2D eigenvalue weighted by atomic mass is 9.87. The zero-order valence-electron chi connectivity index (χ0n) is 16.8. The van der Waals surface area contributed by atoms with Crippen LogP contribution in [0.4, 0.5) is 0 Å². The number of allylic oxidation sites excluding steroid dienone is 2. The van der Waals surface area contributed by atoms with Gasteiger partial charge in [0.15, 0.2) is 11.4 Å². The highest BCUT2D eigenvalue weighted by atomic mass is 16.5. The Kier molecular flexibility index (Phi) is 4.53. The molecule has 2 heterocycles. The Hall–Kier alpha value is -2.95. The second-order valence-electron chi connectivity index (χ2n) is 8.28. The number of aromatic nitrogens is 3. The van der Waals surface area contributed by atoms with Gasteiger partial charge in [-0.2, -0.15) is 0 Å². The van der Waals surface area contributed by atoms with Gasteiger partial charge in [-0.1, -0.05) is 32.9 Å². The molecule has 0 unspecified atom stereocenters. The highest BCUT2D eigenvalue weighted by Crippen LogP contribution is 2.40. The van der Waals surface area contributed by atoms with Gasteiger partial charge in [-0.15, -0.1) is 0 Å². The maximum atomic E-state index is 12.8. The van der Waals surface area contributed by atoms with Crippen molar-refractivity contribution in [2.45, 2.75) is 40.0 Å². The fraction of sp³-hybridized carbons (Fsp3) is 0.348. The largest absolute Gasteiger partial charge is 0.497 e. The number of methoxy groups -OCH3 is 1. The first-order valence-electron chi connectivity index (χ1n) is 9.64. The van der Waals surface area contributed by atoms with Crippen molar-refractivity contribution >= 4 is 28.1 Å². The van der Waals surface area contributed by atoms with E-state index in [-0.39, 0.29) is 5.78 Å². The minimum Gasteiger partial charge on any atom is -0.497 e. The fourth-order valence-electron chi connectivity index (χ4n) is 3.77. The van der Waals surface area contributed by atoms with Crippen LogP contribution >= 0.6 is 0 Å². The molecule has 0 spiro atoms. The van der Waals surface area contributed by atoms with Crippen LogP contribution < -0.4 is 4.74 Å². The summed E-state index contributed by atoms with van der Waals surface area (Å²) in [5.41, 5.74) is 5.95. The lowest BCUT2D eigenvalue weighted by molar-refractivity contribution is 0.0860. The van der Waals surface area contributed by atoms with Gasteiger partial charge in [0.25, 0.3) is 0 Å². The molecular formula is C23H25N3O2. The Bertz CT molecular complexity index is 1090. The summed E-state index contributed by atoms with van der Waals surface area (Å²) in [5, 5.41) is 0. The van der Waals surface area contributed by atoms with Gasteiger partial charge in [-0.3, -0.25) is 4.79 Å². The van der Waals surface area contributed by atoms with E-state index in [4.69, 9.17) is 9.72 Å². The number of hydrogen-bond acceptors (Lipinski definition) is 4. The van der Waals surface area contributed by atoms with E-state index in [1.807, 2.05) is 39.1 Å². The van der Waals surface area contributed by atoms with Gasteiger partial charge in [0.05, 0.1) is 24.6 Å². The summed E-state index contributed by atoms with van der Waals surface area (Å²) < 4.78 is 5.38. The van der Waals surface area contributed by atoms with E-state index in [1.54, 1.807) is 13.3 Å². The van der Waals surface area contributed by atoms with Crippen molar-refractivity contribution in [3.8, 4) is 5.75 Å². The maximum Gasteiger partial charge on any atom is 0.171 e. The molecule has 1 aromatic carbocycles. The number of carbonyl (C=O) groups is 1. The lowest BCUT2D eigenvalue weighted by Gasteiger charge is -2.15. The van der Waals surface area contributed by atoms with Crippen LogP contribution in [0.2, 0.25) is 0 Å². The van der Waals surface area contributed by atoms with Gasteiger partial charge in [-0.05, 0) is 48.1 Å². The van der Waals surface area contributed by atoms with Gasteiger partial charge < -0.3 is 9.72 Å². The summed E-state index contributed by atoms with van der Waals surface area (Å²) in [6, 6.07) is 8.14. The number of hydrogen-bond donors (Lipinski definition) is 1. The molecule has 4 rings (SSSR count). The molecule has 0 saturated heterocycles. The number of rotatable bonds is 4. The smallest absolute Gasteiger partial charge is 0.171 e. The number of fused-ring (bicyclic) bond motifs is 1. The Balaban J connectivity index is 1.82. The van der Waals surface area contributed by atoms with Crippen molar-refractivity contribution in [2.24, 2.45) is 5.41 Å². The molecule has 3 aromatic rings. The zero-order valence-corrected chi connectivity index (χ0v) is 16.8. The third-order valence-corrected chi connectivity index (χ3v) is 5.25. The Morgan fingerprint density at radius 2 is 1.96 bits per heavy atom. The molecule has 144 valence electrons. The van der Waals surface area contributed by atoms with Crippen LogP contribution in [0, 0.1) is 5.41 Å². The predicted molar refractivity (Wildman–Crippen MR) is 111 cm³/mol. The number of ketones is 1. The van der Waals surface area contributed by atoms with Gasteiger partial charge in [0.1, 0.15) is 11.3 Å². The maximum absolute atomic E-state index is 12.8. The minimum atomic E-state index is -0.467. The second-order valence-corrected chi connectivity index (χ2v) is 8.28. The van der Waals surface area contributed by atoms with Gasteiger partial charge in [0, 0.05) is 11.6 Å². The molecule has 1 N–H and O–H groups in total. The molecule has 1 aliphatic rings. The average Bonchev–Trinajstić information content (AvgIpc) is 3.33. The van der Waals surface area contributed by atoms with Crippen LogP contribution in [0.15, 0.2) is 36.7 Å². The second kappa shape index (κ2) is 6.89. The van der Waals surface area contributed by atoms with Crippen LogP contribution in [0.3, 0.4) is 0 Å². The van der Waals surface area contributed by atoms with Crippen molar-refractivity contribution in [1.82, 2.24) is 15.0 Å². The molecule has 0 fully saturated rings. The third-order valence-electron chi connectivity index (χ3n) is 5.25. The van der Waals surface area contributed by atoms with E-state index in [1.165, 1.54) is 11.1 Å². The number of nitrogens with zero attached hydrogens (tertiary/aromatic N) is 2. The standard InChI is InChI=1S/C23H25N3O2/c1-23(2,3)21(27)18-12-24-22-20(18)26-19(13-25-22)17-10-6-9-16(17)14-7-5-8-15(11-14)28-4/h5,7-8,11-13H,6,9-10H2,1-4H3,(H,24,25). The number of aromatic amines is 1. The highest BCUT2D eigenvalue weighted by molar-refractivity contribution is 6.08. The zero-order chi connectivity index (χ0) is 19.9. The molecule has 0 saturated carbocycles. The highest BCUT2D eigenvalue weighted by Gasteiger charge is 2.27. The molecule has 0 bridgehead atoms. The molecule has 0 atom stereocenters. The first-order chi connectivity index (χ1) is 13.4. The van der Waals surface area contributed by atoms with E-state index >= 15 is 0 Å². The van der Waals surface area contributed by atoms with E-state index in [0.717, 1.165) is 36.3 Å². The molecular weight excluding hydrogens is 350 g/mol. The number of carbonyl (C=O) groups excluding carboxylic acids is 1. The SMILES string of the molecule is COc1cccc(C2=C(c3cnc4[nH]cc(C(=O)C(C)(C)C)c4n3)CCC2)c1. The number of nitrogens with one attached hydrogen (secondary N) is 1. The van der Waals surface area contributed by atoms with Crippen molar-refractivity contribution < 1.29 is 9.53 Å². The van der Waals surface area contributed by atoms with Crippen LogP contribution in [-0.4, -0.2) is 27.8 Å². The first kappa shape index (κ1) is 18.4. The normalized spacial score (nSPS) is 14.7. The molecule has 0 radical (unpaired) electrons. The Morgan fingerprint density at radius 1 is 1.18 bits per heavy atom. The molecule has 28 heavy (non-hydrogen) atoms. The van der Waals surface area contributed by atoms with Gasteiger partial charge in [0.2, 0.25) is 0 Å². The fourth-order valence-corrected chi connectivity index (χ4v) is 3.77. The number of H-pyrrole nitrogens is 1. The summed E-state index contributed by atoms with van der Waals surface area (Å²) >= 11 is 0. The van der Waals surface area contributed by atoms with Crippen molar-refractivity contribution in [1.29, 1.82) is 0 Å². The van der Waals surface area contributed by atoms with Gasteiger partial charge >= 0.3 is 0 Å². The van der Waals surface area contributed by atoms with Crippen molar-refractivity contribution in [3.63, 3.8) is 0 Å². The number of Topliss-reactive ketones (excluding diaryl/α,β-unsaturated/α-hetero) is 1. The quantitative estimate of drug-likeness (QED) is 0.629. The minimum absolute atomic E-state index is 0.0682. The van der Waals surface area contributed by atoms with Crippen molar-refractivity contribution in [2.75, 3.05) is 7.11 Å². The Morgan fingerprint density at radius 3 is 2.71 bits per heavy atom. The summed E-state index contributed by atoms with van der Waals surface area (Å²) in [7, 11) is 1.68. The first-order valence-corrected chi connectivity index (χ1v) is 9.64. The lowest BCUT2D eigenvalue weighted by Crippen LogP contribution is -2.20. The summed E-state index contributed by atoms with van der Waals surface area (Å²) in [4.78, 5) is 25.3. The molecule has 5 heteroatoms. The van der Waals surface area contributed by atoms with E-state index < -0.39 is 5.41 Å². The average molecular weight is 375 g/mol. The van der Waals surface area contributed by atoms with E-state index in [9.17, 15) is 4.79 Å². The monoisotopic (exact) mass is 375 g/mol. The van der Waals surface area contributed by atoms with Crippen LogP contribution in [0.25, 0.3) is 22.3 Å². The predicted octanol–water partition coefficient (Wildman–Crippen LogP) is 5.29. The Labute approximate surface area is 164 Å². The van der Waals surface area contributed by atoms with Crippen LogP contribution in [-0.2, 0) is 0 Å². The molecule has 2 aromatic heterocycles.